The van der Waals surface area contributed by atoms with Crippen LogP contribution in [0.5, 0.6) is 0 Å². The van der Waals surface area contributed by atoms with Gasteiger partial charge in [0.15, 0.2) is 0 Å². The Kier molecular flexibility index (Phi) is 7.22. The van der Waals surface area contributed by atoms with Crippen molar-refractivity contribution in [1.82, 2.24) is 6.15 Å². The molecule has 0 aromatic rings. The largest absolute Gasteiger partial charge is 0.344 e. The molecule has 0 aliphatic carbocycles. The third-order valence-corrected chi connectivity index (χ3v) is 6.93. The van der Waals surface area contributed by atoms with Crippen LogP contribution in [0, 0.1) is 0 Å². The van der Waals surface area contributed by atoms with E-state index in [-0.39, 0.29) is 6.15 Å². The lowest BCUT2D eigenvalue weighted by Crippen LogP contribution is -2.24. The van der Waals surface area contributed by atoms with Gasteiger partial charge in [-0.2, -0.15) is 0 Å². The standard InChI is InChI=1S/C9H22Si.H3N/c1-7(2)10(8(3)4)9(5)6;/h7-10H,1-6H3;1H3. The van der Waals surface area contributed by atoms with Gasteiger partial charge in [0.1, 0.15) is 0 Å². The Morgan fingerprint density at radius 3 is 0.818 bits per heavy atom. The van der Waals surface area contributed by atoms with Crippen LogP contribution in [0.25, 0.3) is 0 Å². The van der Waals surface area contributed by atoms with Crippen LogP contribution < -0.4 is 6.15 Å². The van der Waals surface area contributed by atoms with E-state index < -0.39 is 8.80 Å². The van der Waals surface area contributed by atoms with E-state index in [0.29, 0.717) is 0 Å². The van der Waals surface area contributed by atoms with Gasteiger partial charge in [-0.1, -0.05) is 58.2 Å². The average Bonchev–Trinajstić information content (AvgIpc) is 1.59. The van der Waals surface area contributed by atoms with Crippen molar-refractivity contribution < 1.29 is 0 Å². The van der Waals surface area contributed by atoms with Crippen LogP contribution in [0.15, 0.2) is 0 Å². The van der Waals surface area contributed by atoms with Gasteiger partial charge in [-0.3, -0.25) is 0 Å². The summed E-state index contributed by atoms with van der Waals surface area (Å²) in [6.07, 6.45) is 0. The molecule has 1 nitrogen and oxygen atoms in total. The van der Waals surface area contributed by atoms with Crippen LogP contribution in [-0.4, -0.2) is 8.80 Å². The molecule has 0 bridgehead atoms. The molecule has 0 aliphatic rings. The van der Waals surface area contributed by atoms with E-state index in [0.717, 1.165) is 16.6 Å². The Hall–Kier alpha value is 0.177. The number of hydrogen-bond acceptors (Lipinski definition) is 1. The van der Waals surface area contributed by atoms with Gasteiger partial charge in [0, 0.05) is 8.80 Å². The Morgan fingerprint density at radius 2 is 0.818 bits per heavy atom. The Bertz CT molecular complexity index is 70.5. The first-order chi connectivity index (χ1) is 4.46. The Morgan fingerprint density at radius 1 is 0.636 bits per heavy atom. The molecule has 0 aliphatic heterocycles. The molecule has 0 saturated carbocycles. The molecule has 0 atom stereocenters. The lowest BCUT2D eigenvalue weighted by molar-refractivity contribution is 0.863. The van der Waals surface area contributed by atoms with Crippen LogP contribution in [0.1, 0.15) is 41.5 Å². The van der Waals surface area contributed by atoms with Crippen molar-refractivity contribution in [2.45, 2.75) is 58.2 Å². The maximum absolute atomic E-state index is 2.39. The molecule has 0 rings (SSSR count). The zero-order valence-corrected chi connectivity index (χ0v) is 10.2. The lowest BCUT2D eigenvalue weighted by atomic mass is 10.5. The van der Waals surface area contributed by atoms with E-state index in [9.17, 15) is 0 Å². The number of hydrogen-bond donors (Lipinski definition) is 1. The average molecular weight is 175 g/mol. The van der Waals surface area contributed by atoms with Gasteiger partial charge in [-0.25, -0.2) is 0 Å². The molecule has 0 radical (unpaired) electrons. The summed E-state index contributed by atoms with van der Waals surface area (Å²) < 4.78 is 0. The van der Waals surface area contributed by atoms with Crippen molar-refractivity contribution in [2.75, 3.05) is 0 Å². The highest BCUT2D eigenvalue weighted by atomic mass is 28.3. The van der Waals surface area contributed by atoms with Crippen molar-refractivity contribution in [3.8, 4) is 0 Å². The first-order valence-corrected chi connectivity index (χ1v) is 6.46. The predicted molar refractivity (Wildman–Crippen MR) is 57.5 cm³/mol. The molecule has 0 spiro atoms. The second kappa shape index (κ2) is 5.78. The molecule has 3 N–H and O–H groups in total. The minimum absolute atomic E-state index is 0. The normalized spacial score (nSPS) is 11.5. The molecule has 0 heterocycles. The van der Waals surface area contributed by atoms with Crippen LogP contribution in [0.4, 0.5) is 0 Å². The summed E-state index contributed by atoms with van der Waals surface area (Å²) in [5, 5.41) is 0. The van der Waals surface area contributed by atoms with Crippen molar-refractivity contribution in [3.05, 3.63) is 0 Å². The second-order valence-electron chi connectivity index (χ2n) is 4.31. The predicted octanol–water partition coefficient (Wildman–Crippen LogP) is 3.61. The van der Waals surface area contributed by atoms with E-state index in [1.807, 2.05) is 0 Å². The van der Waals surface area contributed by atoms with Crippen LogP contribution in [-0.2, 0) is 0 Å². The summed E-state index contributed by atoms with van der Waals surface area (Å²) in [6.45, 7) is 14.3. The molecule has 0 unspecified atom stereocenters. The van der Waals surface area contributed by atoms with Crippen molar-refractivity contribution in [1.29, 1.82) is 0 Å². The minimum atomic E-state index is -0.454. The van der Waals surface area contributed by atoms with Crippen LogP contribution in [0.2, 0.25) is 16.6 Å². The molecule has 0 amide bonds. The molecular formula is C9H25NSi. The third-order valence-electron chi connectivity index (χ3n) is 2.31. The van der Waals surface area contributed by atoms with Crippen molar-refractivity contribution in [2.24, 2.45) is 0 Å². The van der Waals surface area contributed by atoms with E-state index in [1.165, 1.54) is 0 Å². The molecule has 0 fully saturated rings. The van der Waals surface area contributed by atoms with Crippen LogP contribution in [0.3, 0.4) is 0 Å². The number of rotatable bonds is 3. The zero-order chi connectivity index (χ0) is 8.31. The molecular weight excluding hydrogens is 150 g/mol. The molecule has 70 valence electrons. The topological polar surface area (TPSA) is 35.0 Å². The first kappa shape index (κ1) is 13.7. The molecule has 2 heteroatoms. The summed E-state index contributed by atoms with van der Waals surface area (Å²) >= 11 is 0. The summed E-state index contributed by atoms with van der Waals surface area (Å²) in [7, 11) is -0.454. The summed E-state index contributed by atoms with van der Waals surface area (Å²) in [6, 6.07) is 0. The summed E-state index contributed by atoms with van der Waals surface area (Å²) in [5.74, 6) is 0. The maximum Gasteiger partial charge on any atom is 0.0445 e. The molecule has 11 heavy (non-hydrogen) atoms. The van der Waals surface area contributed by atoms with Gasteiger partial charge in [-0.05, 0) is 0 Å². The SMILES string of the molecule is CC(C)[SiH](C(C)C)C(C)C.N. The fraction of sp³-hybridized carbons (Fsp3) is 1.00. The van der Waals surface area contributed by atoms with Gasteiger partial charge in [-0.15, -0.1) is 0 Å². The summed E-state index contributed by atoms with van der Waals surface area (Å²) in [5.41, 5.74) is 2.92. The fourth-order valence-corrected chi connectivity index (χ4v) is 6.93. The van der Waals surface area contributed by atoms with E-state index in [2.05, 4.69) is 41.5 Å². The summed E-state index contributed by atoms with van der Waals surface area (Å²) in [4.78, 5) is 0. The van der Waals surface area contributed by atoms with E-state index >= 15 is 0 Å². The second-order valence-corrected chi connectivity index (χ2v) is 9.46. The molecule has 0 aromatic carbocycles. The van der Waals surface area contributed by atoms with Gasteiger partial charge < -0.3 is 6.15 Å². The highest BCUT2D eigenvalue weighted by molar-refractivity contribution is 6.63. The highest BCUT2D eigenvalue weighted by Gasteiger charge is 2.22. The van der Waals surface area contributed by atoms with E-state index in [1.54, 1.807) is 0 Å². The van der Waals surface area contributed by atoms with Gasteiger partial charge >= 0.3 is 0 Å². The first-order valence-electron chi connectivity index (χ1n) is 4.46. The van der Waals surface area contributed by atoms with Gasteiger partial charge in [0.05, 0.1) is 0 Å². The lowest BCUT2D eigenvalue weighted by Gasteiger charge is -2.26. The quantitative estimate of drug-likeness (QED) is 0.653. The fourth-order valence-electron chi connectivity index (χ4n) is 2.31. The Balaban J connectivity index is 0. The molecule has 0 aromatic heterocycles. The van der Waals surface area contributed by atoms with Gasteiger partial charge in [0.2, 0.25) is 0 Å². The maximum atomic E-state index is 2.39. The third kappa shape index (κ3) is 4.59. The Labute approximate surface area is 73.8 Å². The van der Waals surface area contributed by atoms with Crippen LogP contribution >= 0.6 is 0 Å². The van der Waals surface area contributed by atoms with Gasteiger partial charge in [0.25, 0.3) is 0 Å². The molecule has 0 saturated heterocycles. The highest BCUT2D eigenvalue weighted by Crippen LogP contribution is 2.28. The smallest absolute Gasteiger partial charge is 0.0445 e. The van der Waals surface area contributed by atoms with Crippen molar-refractivity contribution in [3.63, 3.8) is 0 Å². The van der Waals surface area contributed by atoms with E-state index in [4.69, 9.17) is 0 Å². The van der Waals surface area contributed by atoms with Crippen molar-refractivity contribution >= 4 is 8.80 Å². The minimum Gasteiger partial charge on any atom is -0.344 e. The zero-order valence-electron chi connectivity index (χ0n) is 9.02. The monoisotopic (exact) mass is 175 g/mol.